The lowest BCUT2D eigenvalue weighted by Crippen LogP contribution is -2.19. The summed E-state index contributed by atoms with van der Waals surface area (Å²) in [6.45, 7) is 3.84. The van der Waals surface area contributed by atoms with Crippen molar-refractivity contribution in [2.45, 2.75) is 26.3 Å². The molecule has 1 aromatic heterocycles. The van der Waals surface area contributed by atoms with E-state index in [4.69, 9.17) is 18.9 Å². The molecule has 7 nitrogen and oxygen atoms in total. The summed E-state index contributed by atoms with van der Waals surface area (Å²) in [5.74, 6) is 1.69. The molecule has 0 aliphatic rings. The van der Waals surface area contributed by atoms with Gasteiger partial charge in [0.1, 0.15) is 5.75 Å². The number of unbranched alkanes of at least 4 members (excludes halogenated alkanes) is 1. The molecule has 31 heavy (non-hydrogen) atoms. The molecule has 1 heterocycles. The third-order valence-corrected chi connectivity index (χ3v) is 5.81. The number of rotatable bonds is 10. The quantitative estimate of drug-likeness (QED) is 0.436. The van der Waals surface area contributed by atoms with Gasteiger partial charge in [0.05, 0.1) is 37.6 Å². The summed E-state index contributed by atoms with van der Waals surface area (Å²) in [4.78, 5) is 17.8. The summed E-state index contributed by atoms with van der Waals surface area (Å²) in [5, 5.41) is 0. The Morgan fingerprint density at radius 1 is 1.03 bits per heavy atom. The SMILES string of the molecule is CCCCOc1ccc(C(=O)N=c2sc3cc(OC)c(OC)cc3n2CCOC)cc1. The second-order valence-corrected chi connectivity index (χ2v) is 7.86. The summed E-state index contributed by atoms with van der Waals surface area (Å²) in [6.07, 6.45) is 2.07. The van der Waals surface area contributed by atoms with E-state index in [2.05, 4.69) is 11.9 Å². The van der Waals surface area contributed by atoms with E-state index in [0.29, 0.717) is 41.6 Å². The predicted molar refractivity (Wildman–Crippen MR) is 122 cm³/mol. The van der Waals surface area contributed by atoms with Crippen molar-refractivity contribution in [2.24, 2.45) is 4.99 Å². The molecule has 2 aromatic carbocycles. The zero-order valence-corrected chi connectivity index (χ0v) is 19.2. The molecule has 1 amide bonds. The molecular formula is C23H28N2O5S. The highest BCUT2D eigenvalue weighted by Crippen LogP contribution is 2.33. The highest BCUT2D eigenvalue weighted by molar-refractivity contribution is 7.16. The third kappa shape index (κ3) is 5.45. The summed E-state index contributed by atoms with van der Waals surface area (Å²) < 4.78 is 24.7. The molecule has 0 N–H and O–H groups in total. The maximum atomic E-state index is 12.8. The van der Waals surface area contributed by atoms with Gasteiger partial charge in [-0.1, -0.05) is 24.7 Å². The number of amides is 1. The Kier molecular flexibility index (Phi) is 8.08. The molecular weight excluding hydrogens is 416 g/mol. The fourth-order valence-corrected chi connectivity index (χ4v) is 4.12. The van der Waals surface area contributed by atoms with Crippen molar-refractivity contribution in [3.05, 3.63) is 46.8 Å². The minimum Gasteiger partial charge on any atom is -0.494 e. The van der Waals surface area contributed by atoms with Gasteiger partial charge in [0.25, 0.3) is 5.91 Å². The van der Waals surface area contributed by atoms with Gasteiger partial charge in [-0.05, 0) is 30.7 Å². The van der Waals surface area contributed by atoms with E-state index in [1.54, 1.807) is 45.6 Å². The van der Waals surface area contributed by atoms with Crippen molar-refractivity contribution in [1.82, 2.24) is 4.57 Å². The fourth-order valence-electron chi connectivity index (χ4n) is 3.06. The lowest BCUT2D eigenvalue weighted by molar-refractivity contribution is 0.0997. The van der Waals surface area contributed by atoms with E-state index < -0.39 is 0 Å². The first-order valence-electron chi connectivity index (χ1n) is 10.2. The van der Waals surface area contributed by atoms with Gasteiger partial charge in [0, 0.05) is 31.4 Å². The molecule has 8 heteroatoms. The monoisotopic (exact) mass is 444 g/mol. The zero-order chi connectivity index (χ0) is 22.2. The van der Waals surface area contributed by atoms with Gasteiger partial charge in [-0.3, -0.25) is 4.79 Å². The molecule has 0 bridgehead atoms. The molecule has 166 valence electrons. The van der Waals surface area contributed by atoms with Crippen LogP contribution in [-0.4, -0.2) is 45.0 Å². The first-order valence-corrected chi connectivity index (χ1v) is 11.0. The smallest absolute Gasteiger partial charge is 0.279 e. The van der Waals surface area contributed by atoms with E-state index in [9.17, 15) is 4.79 Å². The van der Waals surface area contributed by atoms with E-state index in [-0.39, 0.29) is 5.91 Å². The number of carbonyl (C=O) groups excluding carboxylic acids is 1. The van der Waals surface area contributed by atoms with E-state index >= 15 is 0 Å². The Balaban J connectivity index is 1.96. The number of ether oxygens (including phenoxy) is 4. The van der Waals surface area contributed by atoms with Gasteiger partial charge < -0.3 is 23.5 Å². The average molecular weight is 445 g/mol. The van der Waals surface area contributed by atoms with Crippen LogP contribution in [0.15, 0.2) is 41.4 Å². The van der Waals surface area contributed by atoms with Crippen LogP contribution >= 0.6 is 11.3 Å². The lowest BCUT2D eigenvalue weighted by atomic mass is 10.2. The summed E-state index contributed by atoms with van der Waals surface area (Å²) in [6, 6.07) is 10.9. The maximum Gasteiger partial charge on any atom is 0.279 e. The summed E-state index contributed by atoms with van der Waals surface area (Å²) in [7, 11) is 4.84. The number of aromatic nitrogens is 1. The Morgan fingerprint density at radius 3 is 2.39 bits per heavy atom. The van der Waals surface area contributed by atoms with E-state index in [1.165, 1.54) is 11.3 Å². The molecule has 0 unspecified atom stereocenters. The number of fused-ring (bicyclic) bond motifs is 1. The van der Waals surface area contributed by atoms with Crippen molar-refractivity contribution in [2.75, 3.05) is 34.5 Å². The van der Waals surface area contributed by atoms with Crippen LogP contribution < -0.4 is 19.0 Å². The van der Waals surface area contributed by atoms with Gasteiger partial charge in [-0.2, -0.15) is 4.99 Å². The number of carbonyl (C=O) groups is 1. The molecule has 0 spiro atoms. The second-order valence-electron chi connectivity index (χ2n) is 6.85. The average Bonchev–Trinajstić information content (AvgIpc) is 3.12. The van der Waals surface area contributed by atoms with Crippen LogP contribution in [0.1, 0.15) is 30.1 Å². The van der Waals surface area contributed by atoms with Crippen LogP contribution in [0.5, 0.6) is 17.2 Å². The first-order chi connectivity index (χ1) is 15.1. The molecule has 0 saturated carbocycles. The molecule has 3 aromatic rings. The number of thiazole rings is 1. The Bertz CT molecular complexity index is 1090. The van der Waals surface area contributed by atoms with Gasteiger partial charge in [-0.25, -0.2) is 0 Å². The normalized spacial score (nSPS) is 11.7. The van der Waals surface area contributed by atoms with Crippen LogP contribution in [0.4, 0.5) is 0 Å². The number of methoxy groups -OCH3 is 3. The molecule has 0 saturated heterocycles. The Morgan fingerprint density at radius 2 is 1.74 bits per heavy atom. The number of nitrogens with zero attached hydrogens (tertiary/aromatic N) is 2. The minimum atomic E-state index is -0.309. The van der Waals surface area contributed by atoms with Crippen molar-refractivity contribution in [3.8, 4) is 17.2 Å². The first kappa shape index (κ1) is 22.8. The largest absolute Gasteiger partial charge is 0.494 e. The third-order valence-electron chi connectivity index (χ3n) is 4.77. The Labute approximate surface area is 185 Å². The zero-order valence-electron chi connectivity index (χ0n) is 18.3. The van der Waals surface area contributed by atoms with Crippen molar-refractivity contribution < 1.29 is 23.7 Å². The molecule has 0 radical (unpaired) electrons. The molecule has 0 fully saturated rings. The number of hydrogen-bond acceptors (Lipinski definition) is 6. The van der Waals surface area contributed by atoms with Crippen LogP contribution in [0.2, 0.25) is 0 Å². The summed E-state index contributed by atoms with van der Waals surface area (Å²) in [5.41, 5.74) is 1.42. The Hall–Kier alpha value is -2.84. The van der Waals surface area contributed by atoms with E-state index in [0.717, 1.165) is 28.8 Å². The van der Waals surface area contributed by atoms with Gasteiger partial charge in [-0.15, -0.1) is 0 Å². The van der Waals surface area contributed by atoms with Gasteiger partial charge >= 0.3 is 0 Å². The van der Waals surface area contributed by atoms with Crippen LogP contribution in [0.3, 0.4) is 0 Å². The van der Waals surface area contributed by atoms with Crippen molar-refractivity contribution >= 4 is 27.5 Å². The number of hydrogen-bond donors (Lipinski definition) is 0. The summed E-state index contributed by atoms with van der Waals surface area (Å²) >= 11 is 1.42. The number of benzene rings is 2. The molecule has 0 aliphatic heterocycles. The van der Waals surface area contributed by atoms with Crippen molar-refractivity contribution in [3.63, 3.8) is 0 Å². The minimum absolute atomic E-state index is 0.309. The highest BCUT2D eigenvalue weighted by Gasteiger charge is 2.14. The molecule has 3 rings (SSSR count). The van der Waals surface area contributed by atoms with Crippen LogP contribution in [-0.2, 0) is 11.3 Å². The van der Waals surface area contributed by atoms with E-state index in [1.807, 2.05) is 16.7 Å². The predicted octanol–water partition coefficient (Wildman–Crippen LogP) is 4.29. The molecule has 0 aliphatic carbocycles. The highest BCUT2D eigenvalue weighted by atomic mass is 32.1. The topological polar surface area (TPSA) is 71.3 Å². The maximum absolute atomic E-state index is 12.8. The molecule has 0 atom stereocenters. The standard InChI is InChI=1S/C23H28N2O5S/c1-5-6-12-30-17-9-7-16(8-10-17)22(26)24-23-25(11-13-27-2)18-14-19(28-3)20(29-4)15-21(18)31-23/h7-10,14-15H,5-6,11-13H2,1-4H3. The fraction of sp³-hybridized carbons (Fsp3) is 0.391. The van der Waals surface area contributed by atoms with Crippen LogP contribution in [0.25, 0.3) is 10.2 Å². The van der Waals surface area contributed by atoms with Crippen molar-refractivity contribution in [1.29, 1.82) is 0 Å². The van der Waals surface area contributed by atoms with Gasteiger partial charge in [0.2, 0.25) is 0 Å². The second kappa shape index (κ2) is 11.0. The van der Waals surface area contributed by atoms with Gasteiger partial charge in [0.15, 0.2) is 16.3 Å². The lowest BCUT2D eigenvalue weighted by Gasteiger charge is -2.09. The van der Waals surface area contributed by atoms with Crippen LogP contribution in [0, 0.1) is 0 Å².